The summed E-state index contributed by atoms with van der Waals surface area (Å²) in [5.41, 5.74) is -0.114. The van der Waals surface area contributed by atoms with Gasteiger partial charge in [-0.05, 0) is 13.3 Å². The Morgan fingerprint density at radius 2 is 2.06 bits per heavy atom. The fourth-order valence-electron chi connectivity index (χ4n) is 1.78. The van der Waals surface area contributed by atoms with Crippen LogP contribution in [-0.4, -0.2) is 32.7 Å². The molecule has 0 fully saturated rings. The van der Waals surface area contributed by atoms with Crippen LogP contribution in [0.3, 0.4) is 0 Å². The highest BCUT2D eigenvalue weighted by Crippen LogP contribution is 2.30. The lowest BCUT2D eigenvalue weighted by Crippen LogP contribution is -2.21. The number of aryl methyl sites for hydroxylation is 1. The first-order chi connectivity index (χ1) is 8.04. The van der Waals surface area contributed by atoms with Gasteiger partial charge in [0.15, 0.2) is 0 Å². The van der Waals surface area contributed by atoms with E-state index in [-0.39, 0.29) is 17.9 Å². The number of alkyl halides is 2. The summed E-state index contributed by atoms with van der Waals surface area (Å²) < 4.78 is 27.0. The van der Waals surface area contributed by atoms with Crippen LogP contribution in [0, 0.1) is 0 Å². The second-order valence-electron chi connectivity index (χ2n) is 3.89. The quantitative estimate of drug-likeness (QED) is 0.805. The molecular formula is C11H18F2N2O2. The van der Waals surface area contributed by atoms with E-state index in [0.29, 0.717) is 13.0 Å². The number of nitrogens with zero attached hydrogens (tertiary/aromatic N) is 2. The monoisotopic (exact) mass is 248 g/mol. The molecule has 0 saturated carbocycles. The first-order valence-electron chi connectivity index (χ1n) is 5.69. The van der Waals surface area contributed by atoms with Crippen molar-refractivity contribution in [3.8, 4) is 0 Å². The lowest BCUT2D eigenvalue weighted by molar-refractivity contribution is 0.0981. The Morgan fingerprint density at radius 1 is 1.41 bits per heavy atom. The van der Waals surface area contributed by atoms with Crippen LogP contribution in [-0.2, 0) is 6.54 Å². The van der Waals surface area contributed by atoms with E-state index in [1.807, 2.05) is 0 Å². The molecule has 2 unspecified atom stereocenters. The van der Waals surface area contributed by atoms with Gasteiger partial charge in [0.1, 0.15) is 5.69 Å². The van der Waals surface area contributed by atoms with Crippen molar-refractivity contribution in [2.24, 2.45) is 0 Å². The van der Waals surface area contributed by atoms with Gasteiger partial charge in [-0.2, -0.15) is 5.10 Å². The Balaban J connectivity index is 3.12. The molecule has 0 radical (unpaired) electrons. The van der Waals surface area contributed by atoms with Gasteiger partial charge in [-0.15, -0.1) is 0 Å². The first kappa shape index (κ1) is 14.1. The van der Waals surface area contributed by atoms with E-state index >= 15 is 0 Å². The number of aliphatic hydroxyl groups excluding tert-OH is 2. The summed E-state index contributed by atoms with van der Waals surface area (Å²) >= 11 is 0. The van der Waals surface area contributed by atoms with E-state index in [9.17, 15) is 19.0 Å². The van der Waals surface area contributed by atoms with Crippen molar-refractivity contribution in [3.05, 3.63) is 17.5 Å². The molecular weight excluding hydrogens is 230 g/mol. The second-order valence-corrected chi connectivity index (χ2v) is 3.89. The number of hydrogen-bond acceptors (Lipinski definition) is 3. The number of halogens is 2. The smallest absolute Gasteiger partial charge is 0.282 e. The van der Waals surface area contributed by atoms with Gasteiger partial charge in [-0.1, -0.05) is 6.92 Å². The van der Waals surface area contributed by atoms with Crippen LogP contribution in [0.1, 0.15) is 43.9 Å². The van der Waals surface area contributed by atoms with Crippen molar-refractivity contribution in [1.29, 1.82) is 0 Å². The predicted octanol–water partition coefficient (Wildman–Crippen LogP) is 1.69. The highest BCUT2D eigenvalue weighted by atomic mass is 19.3. The molecule has 0 aliphatic rings. The van der Waals surface area contributed by atoms with Gasteiger partial charge in [-0.3, -0.25) is 4.68 Å². The van der Waals surface area contributed by atoms with Gasteiger partial charge in [0.05, 0.1) is 12.7 Å². The molecule has 0 aromatic carbocycles. The van der Waals surface area contributed by atoms with Gasteiger partial charge in [0.2, 0.25) is 0 Å². The number of aromatic nitrogens is 2. The van der Waals surface area contributed by atoms with E-state index in [2.05, 4.69) is 5.10 Å². The Bertz CT molecular complexity index is 355. The fourth-order valence-corrected chi connectivity index (χ4v) is 1.78. The summed E-state index contributed by atoms with van der Waals surface area (Å²) in [5.74, 6) is -0.704. The van der Waals surface area contributed by atoms with E-state index in [1.165, 1.54) is 10.9 Å². The Hall–Kier alpha value is -1.01. The zero-order valence-corrected chi connectivity index (χ0v) is 9.98. The molecule has 1 aromatic heterocycles. The van der Waals surface area contributed by atoms with Crippen LogP contribution < -0.4 is 0 Å². The van der Waals surface area contributed by atoms with Crippen LogP contribution in [0.5, 0.6) is 0 Å². The molecule has 0 bridgehead atoms. The van der Waals surface area contributed by atoms with E-state index in [1.54, 1.807) is 13.8 Å². The minimum atomic E-state index is -2.70. The highest BCUT2D eigenvalue weighted by molar-refractivity contribution is 5.24. The van der Waals surface area contributed by atoms with Crippen molar-refractivity contribution in [1.82, 2.24) is 9.78 Å². The molecule has 1 aromatic rings. The SMILES string of the molecule is CCC(O)C(CO)c1cn(CC)nc1C(F)F. The lowest BCUT2D eigenvalue weighted by atomic mass is 9.93. The van der Waals surface area contributed by atoms with Crippen LogP contribution in [0.25, 0.3) is 0 Å². The molecule has 2 atom stereocenters. The van der Waals surface area contributed by atoms with Crippen molar-refractivity contribution >= 4 is 0 Å². The topological polar surface area (TPSA) is 58.3 Å². The molecule has 0 spiro atoms. The third kappa shape index (κ3) is 3.01. The zero-order valence-electron chi connectivity index (χ0n) is 9.98. The largest absolute Gasteiger partial charge is 0.396 e. The maximum atomic E-state index is 12.8. The predicted molar refractivity (Wildman–Crippen MR) is 59.0 cm³/mol. The summed E-state index contributed by atoms with van der Waals surface area (Å²) in [6, 6.07) is 0. The summed E-state index contributed by atoms with van der Waals surface area (Å²) in [6.45, 7) is 3.63. The van der Waals surface area contributed by atoms with Gasteiger partial charge in [0.25, 0.3) is 6.43 Å². The van der Waals surface area contributed by atoms with Gasteiger partial charge < -0.3 is 10.2 Å². The Morgan fingerprint density at radius 3 is 2.47 bits per heavy atom. The molecule has 17 heavy (non-hydrogen) atoms. The summed E-state index contributed by atoms with van der Waals surface area (Å²) in [5, 5.41) is 22.7. The van der Waals surface area contributed by atoms with Crippen molar-refractivity contribution in [3.63, 3.8) is 0 Å². The zero-order chi connectivity index (χ0) is 13.0. The fraction of sp³-hybridized carbons (Fsp3) is 0.727. The number of aliphatic hydroxyl groups is 2. The van der Waals surface area contributed by atoms with E-state index in [4.69, 9.17) is 0 Å². The van der Waals surface area contributed by atoms with Crippen LogP contribution in [0.4, 0.5) is 8.78 Å². The second kappa shape index (κ2) is 6.07. The van der Waals surface area contributed by atoms with Crippen molar-refractivity contribution in [2.45, 2.75) is 45.3 Å². The molecule has 0 aliphatic heterocycles. The molecule has 2 N–H and O–H groups in total. The van der Waals surface area contributed by atoms with E-state index in [0.717, 1.165) is 0 Å². The van der Waals surface area contributed by atoms with Gasteiger partial charge >= 0.3 is 0 Å². The lowest BCUT2D eigenvalue weighted by Gasteiger charge is -2.19. The summed E-state index contributed by atoms with van der Waals surface area (Å²) in [4.78, 5) is 0. The average Bonchev–Trinajstić information content (AvgIpc) is 2.74. The molecule has 1 rings (SSSR count). The van der Waals surface area contributed by atoms with Crippen molar-refractivity contribution in [2.75, 3.05) is 6.61 Å². The molecule has 6 heteroatoms. The standard InChI is InChI=1S/C11H18F2N2O2/c1-3-9(17)8(6-16)7-5-15(4-2)14-10(7)11(12)13/h5,8-9,11,16-17H,3-4,6H2,1-2H3. The molecule has 98 valence electrons. The van der Waals surface area contributed by atoms with Crippen LogP contribution in [0.15, 0.2) is 6.20 Å². The first-order valence-corrected chi connectivity index (χ1v) is 5.69. The van der Waals surface area contributed by atoms with Gasteiger partial charge in [-0.25, -0.2) is 8.78 Å². The normalized spacial score (nSPS) is 15.2. The van der Waals surface area contributed by atoms with Crippen molar-refractivity contribution < 1.29 is 19.0 Å². The number of hydrogen-bond donors (Lipinski definition) is 2. The van der Waals surface area contributed by atoms with Gasteiger partial charge in [0, 0.05) is 24.2 Å². The van der Waals surface area contributed by atoms with E-state index < -0.39 is 18.4 Å². The Labute approximate surface area is 98.9 Å². The van der Waals surface area contributed by atoms with Crippen LogP contribution >= 0.6 is 0 Å². The third-order valence-electron chi connectivity index (χ3n) is 2.83. The maximum absolute atomic E-state index is 12.8. The molecule has 0 amide bonds. The Kier molecular flexibility index (Phi) is 5.02. The molecule has 4 nitrogen and oxygen atoms in total. The maximum Gasteiger partial charge on any atom is 0.282 e. The molecule has 0 saturated heterocycles. The minimum Gasteiger partial charge on any atom is -0.396 e. The number of rotatable bonds is 6. The highest BCUT2D eigenvalue weighted by Gasteiger charge is 2.28. The molecule has 1 heterocycles. The minimum absolute atomic E-state index is 0.235. The summed E-state index contributed by atoms with van der Waals surface area (Å²) in [6.07, 6.45) is -1.67. The average molecular weight is 248 g/mol. The third-order valence-corrected chi connectivity index (χ3v) is 2.83. The van der Waals surface area contributed by atoms with Crippen LogP contribution in [0.2, 0.25) is 0 Å². The summed E-state index contributed by atoms with van der Waals surface area (Å²) in [7, 11) is 0. The molecule has 0 aliphatic carbocycles.